The van der Waals surface area contributed by atoms with Crippen LogP contribution in [0.3, 0.4) is 0 Å². The number of phenols is 1. The van der Waals surface area contributed by atoms with Crippen LogP contribution < -0.4 is 4.74 Å². The zero-order valence-corrected chi connectivity index (χ0v) is 16.3. The van der Waals surface area contributed by atoms with E-state index in [0.29, 0.717) is 28.7 Å². The Labute approximate surface area is 171 Å². The summed E-state index contributed by atoms with van der Waals surface area (Å²) < 4.78 is 5.72. The number of pyridine rings is 1. The van der Waals surface area contributed by atoms with E-state index in [4.69, 9.17) is 4.74 Å². The first kappa shape index (κ1) is 18.7. The molecule has 4 aromatic rings. The van der Waals surface area contributed by atoms with Gasteiger partial charge in [-0.3, -0.25) is 4.98 Å². The first-order valence-electron chi connectivity index (χ1n) is 8.02. The summed E-state index contributed by atoms with van der Waals surface area (Å²) in [6.45, 7) is 0. The van der Waals surface area contributed by atoms with Crippen LogP contribution in [0, 0.1) is 6.07 Å². The minimum absolute atomic E-state index is 0. The number of ether oxygens (including phenoxy) is 1. The summed E-state index contributed by atoms with van der Waals surface area (Å²) in [6, 6.07) is 23.0. The molecule has 1 N–H and O–H groups in total. The van der Waals surface area contributed by atoms with E-state index in [1.807, 2.05) is 36.4 Å². The van der Waals surface area contributed by atoms with E-state index in [9.17, 15) is 5.11 Å². The Morgan fingerprint density at radius 2 is 1.67 bits per heavy atom. The van der Waals surface area contributed by atoms with Gasteiger partial charge in [-0.05, 0) is 23.9 Å². The molecule has 0 aliphatic heterocycles. The van der Waals surface area contributed by atoms with Crippen molar-refractivity contribution in [3.8, 4) is 40.0 Å². The van der Waals surface area contributed by atoms with Crippen LogP contribution in [0.5, 0.6) is 17.4 Å². The van der Waals surface area contributed by atoms with Gasteiger partial charge < -0.3 is 9.84 Å². The maximum atomic E-state index is 10.0. The largest absolute Gasteiger partial charge is 0.507 e. The number of aromatic hydroxyl groups is 1. The SMILES string of the molecule is Oc1ccccc1-c1nccc(-c2[c-]c(Oc3ccccn3)ccc2)n1.[Pt]. The summed E-state index contributed by atoms with van der Waals surface area (Å²) in [6.07, 6.45) is 3.33. The van der Waals surface area contributed by atoms with Crippen molar-refractivity contribution in [1.82, 2.24) is 15.0 Å². The van der Waals surface area contributed by atoms with Crippen LogP contribution in [0.2, 0.25) is 0 Å². The summed E-state index contributed by atoms with van der Waals surface area (Å²) in [5.41, 5.74) is 2.03. The molecule has 2 aromatic heterocycles. The van der Waals surface area contributed by atoms with Crippen molar-refractivity contribution in [2.24, 2.45) is 0 Å². The number of nitrogens with zero attached hydrogens (tertiary/aromatic N) is 3. The number of hydrogen-bond donors (Lipinski definition) is 1. The van der Waals surface area contributed by atoms with Gasteiger partial charge in [-0.15, -0.1) is 23.8 Å². The molecule has 0 saturated carbocycles. The van der Waals surface area contributed by atoms with Crippen molar-refractivity contribution in [2.75, 3.05) is 0 Å². The second-order valence-electron chi connectivity index (χ2n) is 5.48. The molecular weight excluding hydrogens is 521 g/mol. The molecule has 4 rings (SSSR count). The van der Waals surface area contributed by atoms with Crippen molar-refractivity contribution in [2.45, 2.75) is 0 Å². The Hall–Kier alpha value is -3.04. The molecule has 0 radical (unpaired) electrons. The maximum Gasteiger partial charge on any atom is 0.217 e. The summed E-state index contributed by atoms with van der Waals surface area (Å²) in [5, 5.41) is 10.0. The summed E-state index contributed by atoms with van der Waals surface area (Å²) in [5.74, 6) is 1.63. The predicted molar refractivity (Wildman–Crippen MR) is 97.7 cm³/mol. The third-order valence-corrected chi connectivity index (χ3v) is 3.70. The van der Waals surface area contributed by atoms with Crippen LogP contribution in [-0.4, -0.2) is 20.1 Å². The molecule has 5 nitrogen and oxygen atoms in total. The minimum Gasteiger partial charge on any atom is -0.507 e. The normalized spacial score (nSPS) is 10.1. The molecule has 0 saturated heterocycles. The van der Waals surface area contributed by atoms with Crippen LogP contribution in [0.1, 0.15) is 0 Å². The average Bonchev–Trinajstić information content (AvgIpc) is 2.69. The fraction of sp³-hybridized carbons (Fsp3) is 0. The molecular formula is C21H14N3O2Pt-. The van der Waals surface area contributed by atoms with Gasteiger partial charge in [0.15, 0.2) is 5.82 Å². The molecule has 2 aromatic carbocycles. The fourth-order valence-electron chi connectivity index (χ4n) is 2.48. The van der Waals surface area contributed by atoms with E-state index in [-0.39, 0.29) is 26.8 Å². The van der Waals surface area contributed by atoms with Crippen molar-refractivity contribution >= 4 is 0 Å². The molecule has 2 heterocycles. The van der Waals surface area contributed by atoms with Crippen LogP contribution in [0.25, 0.3) is 22.6 Å². The van der Waals surface area contributed by atoms with Gasteiger partial charge in [0.1, 0.15) is 5.75 Å². The molecule has 6 heteroatoms. The van der Waals surface area contributed by atoms with Crippen LogP contribution in [0.4, 0.5) is 0 Å². The van der Waals surface area contributed by atoms with Crippen molar-refractivity contribution in [3.05, 3.63) is 85.2 Å². The maximum absolute atomic E-state index is 10.0. The van der Waals surface area contributed by atoms with Gasteiger partial charge in [-0.2, -0.15) is 0 Å². The van der Waals surface area contributed by atoms with Gasteiger partial charge in [0.25, 0.3) is 0 Å². The predicted octanol–water partition coefficient (Wildman–Crippen LogP) is 4.50. The molecule has 0 aliphatic carbocycles. The fourth-order valence-corrected chi connectivity index (χ4v) is 2.48. The van der Waals surface area contributed by atoms with E-state index in [1.54, 1.807) is 42.7 Å². The summed E-state index contributed by atoms with van der Waals surface area (Å²) in [4.78, 5) is 13.0. The Bertz CT molecular complexity index is 1040. The molecule has 0 aliphatic rings. The zero-order valence-electron chi connectivity index (χ0n) is 14.0. The van der Waals surface area contributed by atoms with Crippen molar-refractivity contribution < 1.29 is 30.9 Å². The Balaban J connectivity index is 0.00000210. The molecule has 0 amide bonds. The molecule has 0 bridgehead atoms. The summed E-state index contributed by atoms with van der Waals surface area (Å²) >= 11 is 0. The number of rotatable bonds is 4. The molecule has 0 unspecified atom stereocenters. The van der Waals surface area contributed by atoms with E-state index in [0.717, 1.165) is 5.56 Å². The second-order valence-corrected chi connectivity index (χ2v) is 5.48. The van der Waals surface area contributed by atoms with Gasteiger partial charge in [0.05, 0.1) is 5.56 Å². The molecule has 136 valence electrons. The average molecular weight is 535 g/mol. The van der Waals surface area contributed by atoms with Gasteiger partial charge >= 0.3 is 0 Å². The zero-order chi connectivity index (χ0) is 17.8. The van der Waals surface area contributed by atoms with Crippen LogP contribution in [-0.2, 0) is 21.1 Å². The number of aromatic nitrogens is 3. The van der Waals surface area contributed by atoms with Crippen LogP contribution in [0.15, 0.2) is 79.1 Å². The molecule has 0 fully saturated rings. The number of phenolic OH excluding ortho intramolecular Hbond substituents is 1. The topological polar surface area (TPSA) is 68.1 Å². The van der Waals surface area contributed by atoms with Gasteiger partial charge in [-0.1, -0.05) is 30.3 Å². The van der Waals surface area contributed by atoms with E-state index in [1.165, 1.54) is 0 Å². The molecule has 0 spiro atoms. The van der Waals surface area contributed by atoms with E-state index < -0.39 is 0 Å². The molecule has 27 heavy (non-hydrogen) atoms. The Morgan fingerprint density at radius 1 is 0.815 bits per heavy atom. The smallest absolute Gasteiger partial charge is 0.217 e. The standard InChI is InChI=1S/C21H14N3O2.Pt/c25-19-9-2-1-8-17(19)21-23-13-11-18(24-21)15-6-5-7-16(14-15)26-20-10-3-4-12-22-20;/h1-13,25H;/q-1;. The first-order chi connectivity index (χ1) is 12.8. The van der Waals surface area contributed by atoms with Gasteiger partial charge in [0.2, 0.25) is 5.88 Å². The van der Waals surface area contributed by atoms with Gasteiger partial charge in [-0.25, -0.2) is 9.97 Å². The Morgan fingerprint density at radius 3 is 2.48 bits per heavy atom. The third-order valence-electron chi connectivity index (χ3n) is 3.70. The third kappa shape index (κ3) is 4.38. The monoisotopic (exact) mass is 535 g/mol. The minimum atomic E-state index is 0. The van der Waals surface area contributed by atoms with Crippen molar-refractivity contribution in [3.63, 3.8) is 0 Å². The van der Waals surface area contributed by atoms with E-state index >= 15 is 0 Å². The van der Waals surface area contributed by atoms with Gasteiger partial charge in [0, 0.05) is 45.3 Å². The van der Waals surface area contributed by atoms with Crippen LogP contribution >= 0.6 is 0 Å². The Kier molecular flexibility index (Phi) is 5.94. The number of hydrogen-bond acceptors (Lipinski definition) is 5. The molecule has 0 atom stereocenters. The first-order valence-corrected chi connectivity index (χ1v) is 8.02. The van der Waals surface area contributed by atoms with E-state index in [2.05, 4.69) is 21.0 Å². The quantitative estimate of drug-likeness (QED) is 0.390. The number of benzene rings is 2. The summed E-state index contributed by atoms with van der Waals surface area (Å²) in [7, 11) is 0. The number of para-hydroxylation sites is 1. The van der Waals surface area contributed by atoms with Crippen molar-refractivity contribution in [1.29, 1.82) is 0 Å². The second kappa shape index (κ2) is 8.56.